The molecule has 3 rings (SSSR count). The summed E-state index contributed by atoms with van der Waals surface area (Å²) in [6, 6.07) is 8.52. The summed E-state index contributed by atoms with van der Waals surface area (Å²) in [7, 11) is 0. The standard InChI is InChI=1S/C18H21ClN2S/c1-11-6-9-16(22-11)18-13(5-3-4-10-20)14-7-8-15(19)12(2)17(14)21-18/h6-9,21H,3-5,10,20H2,1-2H3. The molecule has 2 aromatic heterocycles. The summed E-state index contributed by atoms with van der Waals surface area (Å²) in [4.78, 5) is 6.25. The number of nitrogens with one attached hydrogen (secondary N) is 1. The van der Waals surface area contributed by atoms with E-state index >= 15 is 0 Å². The average Bonchev–Trinajstić information content (AvgIpc) is 3.08. The van der Waals surface area contributed by atoms with Crippen LogP contribution in [0.25, 0.3) is 21.5 Å². The molecule has 0 spiro atoms. The van der Waals surface area contributed by atoms with E-state index < -0.39 is 0 Å². The van der Waals surface area contributed by atoms with E-state index in [2.05, 4.69) is 37.0 Å². The molecule has 3 N–H and O–H groups in total. The van der Waals surface area contributed by atoms with Crippen LogP contribution in [-0.4, -0.2) is 11.5 Å². The first-order chi connectivity index (χ1) is 10.6. The van der Waals surface area contributed by atoms with E-state index in [9.17, 15) is 0 Å². The van der Waals surface area contributed by atoms with Gasteiger partial charge in [-0.3, -0.25) is 0 Å². The van der Waals surface area contributed by atoms with Crippen LogP contribution in [0.4, 0.5) is 0 Å². The molecular weight excluding hydrogens is 312 g/mol. The van der Waals surface area contributed by atoms with Gasteiger partial charge < -0.3 is 10.7 Å². The maximum atomic E-state index is 6.29. The third kappa shape index (κ3) is 2.81. The van der Waals surface area contributed by atoms with Gasteiger partial charge in [-0.25, -0.2) is 0 Å². The fourth-order valence-corrected chi connectivity index (χ4v) is 3.97. The topological polar surface area (TPSA) is 41.8 Å². The molecule has 0 amide bonds. The number of aryl methyl sites for hydroxylation is 3. The number of unbranched alkanes of at least 4 members (excludes halogenated alkanes) is 1. The lowest BCUT2D eigenvalue weighted by Crippen LogP contribution is -1.99. The summed E-state index contributed by atoms with van der Waals surface area (Å²) in [5, 5.41) is 2.11. The third-order valence-electron chi connectivity index (χ3n) is 4.14. The predicted octanol–water partition coefficient (Wildman–Crippen LogP) is 5.45. The van der Waals surface area contributed by atoms with Crippen molar-refractivity contribution in [1.29, 1.82) is 0 Å². The number of thiophene rings is 1. The molecule has 0 saturated carbocycles. The van der Waals surface area contributed by atoms with E-state index in [-0.39, 0.29) is 0 Å². The third-order valence-corrected chi connectivity index (χ3v) is 5.57. The molecule has 0 atom stereocenters. The second-order valence-corrected chi connectivity index (χ2v) is 7.42. The first kappa shape index (κ1) is 15.6. The van der Waals surface area contributed by atoms with Gasteiger partial charge in [-0.2, -0.15) is 0 Å². The highest BCUT2D eigenvalue weighted by Crippen LogP contribution is 2.37. The van der Waals surface area contributed by atoms with Crippen LogP contribution in [0.15, 0.2) is 24.3 Å². The number of H-pyrrole nitrogens is 1. The fourth-order valence-electron chi connectivity index (χ4n) is 2.92. The Balaban J connectivity index is 2.16. The second-order valence-electron chi connectivity index (χ2n) is 5.73. The van der Waals surface area contributed by atoms with Crippen molar-refractivity contribution >= 4 is 33.8 Å². The maximum absolute atomic E-state index is 6.29. The lowest BCUT2D eigenvalue weighted by molar-refractivity contribution is 0.748. The van der Waals surface area contributed by atoms with Crippen LogP contribution >= 0.6 is 22.9 Å². The van der Waals surface area contributed by atoms with Crippen molar-refractivity contribution in [1.82, 2.24) is 4.98 Å². The monoisotopic (exact) mass is 332 g/mol. The zero-order valence-corrected chi connectivity index (χ0v) is 14.6. The first-order valence-electron chi connectivity index (χ1n) is 7.68. The number of aromatic nitrogens is 1. The summed E-state index contributed by atoms with van der Waals surface area (Å²) in [5.74, 6) is 0. The summed E-state index contributed by atoms with van der Waals surface area (Å²) >= 11 is 8.12. The SMILES string of the molecule is Cc1ccc(-c2[nH]c3c(C)c(Cl)ccc3c2CCCCN)s1. The van der Waals surface area contributed by atoms with E-state index in [0.29, 0.717) is 0 Å². The lowest BCUT2D eigenvalue weighted by atomic mass is 10.0. The summed E-state index contributed by atoms with van der Waals surface area (Å²) in [6.07, 6.45) is 3.22. The molecule has 0 unspecified atom stereocenters. The highest BCUT2D eigenvalue weighted by molar-refractivity contribution is 7.15. The Morgan fingerprint density at radius 3 is 2.64 bits per heavy atom. The van der Waals surface area contributed by atoms with Crippen LogP contribution < -0.4 is 5.73 Å². The van der Waals surface area contributed by atoms with E-state index in [1.165, 1.54) is 26.4 Å². The van der Waals surface area contributed by atoms with Gasteiger partial charge in [0.25, 0.3) is 0 Å². The Morgan fingerprint density at radius 1 is 1.14 bits per heavy atom. The minimum absolute atomic E-state index is 0.751. The Bertz CT molecular complexity index is 801. The van der Waals surface area contributed by atoms with Gasteiger partial charge in [-0.1, -0.05) is 17.7 Å². The van der Waals surface area contributed by atoms with Gasteiger partial charge in [0.1, 0.15) is 0 Å². The van der Waals surface area contributed by atoms with Gasteiger partial charge in [-0.05, 0) is 69.0 Å². The zero-order valence-electron chi connectivity index (χ0n) is 13.0. The number of aromatic amines is 1. The van der Waals surface area contributed by atoms with E-state index in [1.807, 2.05) is 17.4 Å². The first-order valence-corrected chi connectivity index (χ1v) is 8.87. The van der Waals surface area contributed by atoms with E-state index in [0.717, 1.165) is 41.9 Å². The quantitative estimate of drug-likeness (QED) is 0.599. The highest BCUT2D eigenvalue weighted by atomic mass is 35.5. The second kappa shape index (κ2) is 6.45. The number of fused-ring (bicyclic) bond motifs is 1. The van der Waals surface area contributed by atoms with Crippen molar-refractivity contribution in [3.05, 3.63) is 45.3 Å². The van der Waals surface area contributed by atoms with Crippen LogP contribution in [-0.2, 0) is 6.42 Å². The number of halogens is 1. The van der Waals surface area contributed by atoms with Crippen molar-refractivity contribution in [3.63, 3.8) is 0 Å². The molecule has 116 valence electrons. The van der Waals surface area contributed by atoms with Crippen molar-refractivity contribution in [3.8, 4) is 10.6 Å². The molecule has 2 heterocycles. The number of benzene rings is 1. The zero-order chi connectivity index (χ0) is 15.7. The molecule has 0 fully saturated rings. The number of rotatable bonds is 5. The molecule has 0 bridgehead atoms. The van der Waals surface area contributed by atoms with Crippen molar-refractivity contribution < 1.29 is 0 Å². The lowest BCUT2D eigenvalue weighted by Gasteiger charge is -2.04. The molecule has 22 heavy (non-hydrogen) atoms. The van der Waals surface area contributed by atoms with Gasteiger partial charge >= 0.3 is 0 Å². The molecule has 1 aromatic carbocycles. The van der Waals surface area contributed by atoms with Crippen LogP contribution in [0.2, 0.25) is 5.02 Å². The van der Waals surface area contributed by atoms with Gasteiger partial charge in [0.2, 0.25) is 0 Å². The normalized spacial score (nSPS) is 11.5. The van der Waals surface area contributed by atoms with Gasteiger partial charge in [-0.15, -0.1) is 11.3 Å². The number of hydrogen-bond acceptors (Lipinski definition) is 2. The van der Waals surface area contributed by atoms with Crippen LogP contribution in [0.5, 0.6) is 0 Å². The number of hydrogen-bond donors (Lipinski definition) is 2. The minimum Gasteiger partial charge on any atom is -0.353 e. The Morgan fingerprint density at radius 2 is 1.95 bits per heavy atom. The summed E-state index contributed by atoms with van der Waals surface area (Å²) in [6.45, 7) is 4.97. The molecule has 3 aromatic rings. The van der Waals surface area contributed by atoms with Crippen molar-refractivity contribution in [2.45, 2.75) is 33.1 Å². The van der Waals surface area contributed by atoms with E-state index in [1.54, 1.807) is 0 Å². The van der Waals surface area contributed by atoms with Crippen molar-refractivity contribution in [2.75, 3.05) is 6.54 Å². The van der Waals surface area contributed by atoms with Crippen molar-refractivity contribution in [2.24, 2.45) is 5.73 Å². The smallest absolute Gasteiger partial charge is 0.0598 e. The average molecular weight is 333 g/mol. The molecule has 0 aliphatic rings. The number of nitrogens with two attached hydrogens (primary N) is 1. The molecule has 2 nitrogen and oxygen atoms in total. The Hall–Kier alpha value is -1.29. The van der Waals surface area contributed by atoms with Crippen LogP contribution in [0.3, 0.4) is 0 Å². The Labute approximate surface area is 140 Å². The van der Waals surface area contributed by atoms with Gasteiger partial charge in [0.15, 0.2) is 0 Å². The van der Waals surface area contributed by atoms with E-state index in [4.69, 9.17) is 17.3 Å². The molecule has 0 radical (unpaired) electrons. The molecule has 4 heteroatoms. The molecule has 0 saturated heterocycles. The fraction of sp³-hybridized carbons (Fsp3) is 0.333. The molecule has 0 aliphatic heterocycles. The molecule has 0 aliphatic carbocycles. The Kier molecular flexibility index (Phi) is 4.57. The van der Waals surface area contributed by atoms with Gasteiger partial charge in [0.05, 0.1) is 16.1 Å². The van der Waals surface area contributed by atoms with Gasteiger partial charge in [0, 0.05) is 15.3 Å². The van der Waals surface area contributed by atoms with Crippen LogP contribution in [0, 0.1) is 13.8 Å². The largest absolute Gasteiger partial charge is 0.353 e. The summed E-state index contributed by atoms with van der Waals surface area (Å²) in [5.41, 5.74) is 10.6. The maximum Gasteiger partial charge on any atom is 0.0598 e. The predicted molar refractivity (Wildman–Crippen MR) is 98.1 cm³/mol. The summed E-state index contributed by atoms with van der Waals surface area (Å²) < 4.78 is 0. The van der Waals surface area contributed by atoms with Crippen LogP contribution in [0.1, 0.15) is 28.8 Å². The highest BCUT2D eigenvalue weighted by Gasteiger charge is 2.16. The molecular formula is C18H21ClN2S. The minimum atomic E-state index is 0.751.